The molecule has 2 aromatic heterocycles. The molecule has 4 aromatic rings. The molecule has 1 aliphatic rings. The van der Waals surface area contributed by atoms with E-state index >= 15 is 0 Å². The number of halogens is 1. The number of nitrogens with one attached hydrogen (secondary N) is 1. The quantitative estimate of drug-likeness (QED) is 0.541. The number of aromatic amines is 1. The SMILES string of the molecule is COc1ccc(Cc2nc3c(c4c2[nH]c2ccccc24)CN(C(=O)O)C3)cc1F. The van der Waals surface area contributed by atoms with Crippen LogP contribution in [0.5, 0.6) is 5.75 Å². The molecule has 0 unspecified atom stereocenters. The van der Waals surface area contributed by atoms with Crippen molar-refractivity contribution in [3.63, 3.8) is 0 Å². The van der Waals surface area contributed by atoms with E-state index in [1.165, 1.54) is 18.1 Å². The minimum absolute atomic E-state index is 0.198. The predicted octanol–water partition coefficient (Wildman–Crippen LogP) is 4.45. The number of carboxylic acid groups (broad SMARTS) is 1. The number of amides is 1. The third-order valence-electron chi connectivity index (χ3n) is 5.46. The summed E-state index contributed by atoms with van der Waals surface area (Å²) in [7, 11) is 1.43. The van der Waals surface area contributed by atoms with Gasteiger partial charge in [-0.3, -0.25) is 9.88 Å². The van der Waals surface area contributed by atoms with Gasteiger partial charge in [-0.1, -0.05) is 24.3 Å². The molecule has 1 amide bonds. The summed E-state index contributed by atoms with van der Waals surface area (Å²) in [4.78, 5) is 21.1. The highest BCUT2D eigenvalue weighted by molar-refractivity contribution is 6.10. The van der Waals surface area contributed by atoms with Crippen molar-refractivity contribution >= 4 is 27.9 Å². The molecular formula is C22H18FN3O3. The Bertz CT molecular complexity index is 1280. The Kier molecular flexibility index (Phi) is 3.91. The van der Waals surface area contributed by atoms with Crippen molar-refractivity contribution in [3.05, 3.63) is 70.8 Å². The Morgan fingerprint density at radius 1 is 1.28 bits per heavy atom. The van der Waals surface area contributed by atoms with Crippen LogP contribution in [0.25, 0.3) is 21.8 Å². The molecule has 2 N–H and O–H groups in total. The van der Waals surface area contributed by atoms with Crippen LogP contribution in [-0.2, 0) is 19.5 Å². The molecule has 5 rings (SSSR count). The standard InChI is InChI=1S/C22H18FN3O3/c1-29-19-7-6-12(8-15(19)23)9-17-21-20(13-4-2-3-5-16(13)25-21)14-10-26(22(27)28)11-18(14)24-17/h2-8,25H,9-11H2,1H3,(H,27,28). The Balaban J connectivity index is 1.69. The molecular weight excluding hydrogens is 373 g/mol. The van der Waals surface area contributed by atoms with Gasteiger partial charge in [-0.2, -0.15) is 0 Å². The normalized spacial score (nSPS) is 13.2. The molecule has 29 heavy (non-hydrogen) atoms. The molecule has 146 valence electrons. The number of carbonyl (C=O) groups is 1. The van der Waals surface area contributed by atoms with Gasteiger partial charge in [0.1, 0.15) is 0 Å². The number of hydrogen-bond donors (Lipinski definition) is 2. The maximum atomic E-state index is 14.2. The van der Waals surface area contributed by atoms with E-state index < -0.39 is 11.9 Å². The van der Waals surface area contributed by atoms with Crippen molar-refractivity contribution in [2.45, 2.75) is 19.5 Å². The molecule has 3 heterocycles. The van der Waals surface area contributed by atoms with Crippen LogP contribution in [0, 0.1) is 5.82 Å². The largest absolute Gasteiger partial charge is 0.494 e. The van der Waals surface area contributed by atoms with Crippen LogP contribution in [0.15, 0.2) is 42.5 Å². The van der Waals surface area contributed by atoms with Gasteiger partial charge < -0.3 is 14.8 Å². The number of hydrogen-bond acceptors (Lipinski definition) is 3. The predicted molar refractivity (Wildman–Crippen MR) is 107 cm³/mol. The summed E-state index contributed by atoms with van der Waals surface area (Å²) >= 11 is 0. The Morgan fingerprint density at radius 3 is 2.86 bits per heavy atom. The maximum Gasteiger partial charge on any atom is 0.407 e. The molecule has 7 heteroatoms. The fourth-order valence-corrected chi connectivity index (χ4v) is 4.11. The van der Waals surface area contributed by atoms with Crippen molar-refractivity contribution in [2.24, 2.45) is 0 Å². The van der Waals surface area contributed by atoms with E-state index in [9.17, 15) is 14.3 Å². The number of rotatable bonds is 3. The highest BCUT2D eigenvalue weighted by atomic mass is 19.1. The van der Waals surface area contributed by atoms with Crippen LogP contribution in [0.1, 0.15) is 22.5 Å². The molecule has 0 radical (unpaired) electrons. The summed E-state index contributed by atoms with van der Waals surface area (Å²) in [5.74, 6) is -0.223. The van der Waals surface area contributed by atoms with Gasteiger partial charge in [0.15, 0.2) is 11.6 Å². The highest BCUT2D eigenvalue weighted by Crippen LogP contribution is 2.36. The zero-order valence-corrected chi connectivity index (χ0v) is 15.7. The molecule has 0 saturated carbocycles. The first kappa shape index (κ1) is 17.5. The number of H-pyrrole nitrogens is 1. The third-order valence-corrected chi connectivity index (χ3v) is 5.46. The lowest BCUT2D eigenvalue weighted by Gasteiger charge is -2.09. The van der Waals surface area contributed by atoms with E-state index in [0.29, 0.717) is 13.0 Å². The van der Waals surface area contributed by atoms with Gasteiger partial charge in [0, 0.05) is 28.3 Å². The van der Waals surface area contributed by atoms with Gasteiger partial charge in [-0.05, 0) is 23.8 Å². The summed E-state index contributed by atoms with van der Waals surface area (Å²) in [6, 6.07) is 12.8. The topological polar surface area (TPSA) is 78.5 Å². The Labute approximate surface area is 165 Å². The van der Waals surface area contributed by atoms with E-state index in [4.69, 9.17) is 9.72 Å². The molecule has 6 nitrogen and oxygen atoms in total. The number of fused-ring (bicyclic) bond motifs is 5. The molecule has 0 spiro atoms. The molecule has 0 aliphatic carbocycles. The number of pyridine rings is 1. The lowest BCUT2D eigenvalue weighted by atomic mass is 10.0. The van der Waals surface area contributed by atoms with Crippen LogP contribution in [0.3, 0.4) is 0 Å². The first-order valence-corrected chi connectivity index (χ1v) is 9.26. The first-order chi connectivity index (χ1) is 14.0. The van der Waals surface area contributed by atoms with Crippen molar-refractivity contribution < 1.29 is 19.0 Å². The zero-order valence-electron chi connectivity index (χ0n) is 15.7. The molecule has 2 aromatic carbocycles. The van der Waals surface area contributed by atoms with Crippen LogP contribution in [-0.4, -0.2) is 33.2 Å². The average molecular weight is 391 g/mol. The van der Waals surface area contributed by atoms with Crippen LogP contribution >= 0.6 is 0 Å². The summed E-state index contributed by atoms with van der Waals surface area (Å²) in [5, 5.41) is 11.5. The smallest absolute Gasteiger partial charge is 0.407 e. The van der Waals surface area contributed by atoms with Crippen molar-refractivity contribution in [1.82, 2.24) is 14.9 Å². The first-order valence-electron chi connectivity index (χ1n) is 9.26. The van der Waals surface area contributed by atoms with Gasteiger partial charge in [0.05, 0.1) is 37.1 Å². The van der Waals surface area contributed by atoms with Gasteiger partial charge >= 0.3 is 6.09 Å². The Morgan fingerprint density at radius 2 is 2.10 bits per heavy atom. The lowest BCUT2D eigenvalue weighted by Crippen LogP contribution is -2.22. The number of nitrogens with zero attached hydrogens (tertiary/aromatic N) is 2. The minimum Gasteiger partial charge on any atom is -0.494 e. The van der Waals surface area contributed by atoms with E-state index in [0.717, 1.165) is 44.3 Å². The summed E-state index contributed by atoms with van der Waals surface area (Å²) < 4.78 is 19.2. The number of ether oxygens (including phenoxy) is 1. The van der Waals surface area contributed by atoms with E-state index in [-0.39, 0.29) is 12.3 Å². The molecule has 0 saturated heterocycles. The van der Waals surface area contributed by atoms with Crippen LogP contribution in [0.2, 0.25) is 0 Å². The molecule has 0 bridgehead atoms. The summed E-state index contributed by atoms with van der Waals surface area (Å²) in [6.07, 6.45) is -0.542. The molecule has 0 fully saturated rings. The second-order valence-corrected chi connectivity index (χ2v) is 7.19. The number of methoxy groups -OCH3 is 1. The number of para-hydroxylation sites is 1. The second-order valence-electron chi connectivity index (χ2n) is 7.19. The van der Waals surface area contributed by atoms with Crippen molar-refractivity contribution in [1.29, 1.82) is 0 Å². The monoisotopic (exact) mass is 391 g/mol. The number of aromatic nitrogens is 2. The minimum atomic E-state index is -0.963. The van der Waals surface area contributed by atoms with E-state index in [1.54, 1.807) is 6.07 Å². The Hall–Kier alpha value is -3.61. The third kappa shape index (κ3) is 2.77. The van der Waals surface area contributed by atoms with Gasteiger partial charge in [-0.15, -0.1) is 0 Å². The van der Waals surface area contributed by atoms with Gasteiger partial charge in [0.25, 0.3) is 0 Å². The van der Waals surface area contributed by atoms with Crippen molar-refractivity contribution in [2.75, 3.05) is 7.11 Å². The van der Waals surface area contributed by atoms with Gasteiger partial charge in [0.2, 0.25) is 0 Å². The van der Waals surface area contributed by atoms with Crippen LogP contribution in [0.4, 0.5) is 9.18 Å². The molecule has 1 aliphatic heterocycles. The fraction of sp³-hybridized carbons (Fsp3) is 0.182. The van der Waals surface area contributed by atoms with Gasteiger partial charge in [-0.25, -0.2) is 9.18 Å². The highest BCUT2D eigenvalue weighted by Gasteiger charge is 2.29. The molecule has 0 atom stereocenters. The van der Waals surface area contributed by atoms with Crippen molar-refractivity contribution in [3.8, 4) is 5.75 Å². The summed E-state index contributed by atoms with van der Waals surface area (Å²) in [6.45, 7) is 0.567. The number of benzene rings is 2. The fourth-order valence-electron chi connectivity index (χ4n) is 4.11. The lowest BCUT2D eigenvalue weighted by molar-refractivity contribution is 0.145. The average Bonchev–Trinajstić information content (AvgIpc) is 3.29. The summed E-state index contributed by atoms with van der Waals surface area (Å²) in [5.41, 5.74) is 5.07. The zero-order chi connectivity index (χ0) is 20.1. The second kappa shape index (κ2) is 6.48. The van der Waals surface area contributed by atoms with E-state index in [1.807, 2.05) is 30.3 Å². The van der Waals surface area contributed by atoms with E-state index in [2.05, 4.69) is 4.98 Å². The maximum absolute atomic E-state index is 14.2. The van der Waals surface area contributed by atoms with Crippen LogP contribution < -0.4 is 4.74 Å².